The standard InChI is InChI=1S/C31H40N2O11/c1-17-11-23(36)20-12-18-13-26(30(2,3)43-27(18)19(5-4-10-34)28(20)42-17)44-41-15-25(38)31(40,29(39)24(37)14-35)16-33-9-7-21-22(33)6-8-32-21/h6-8,11-12,24-26,29,34-35,37-40H,4-5,9-10,13-16H2,1-3H3/p+1. The fraction of sp³-hybridized carbons (Fsp3) is 0.548. The SMILES string of the molecule is Cc1cc(=O)c2cc3c(c(CCCO)c2o1)OC(C)(C)C(OOCC(O)C(O)(C[NH+]1CC=C2N=CC=C21)C(O)C(O)CO)C3. The molecule has 0 saturated carbocycles. The summed E-state index contributed by atoms with van der Waals surface area (Å²) in [6.07, 6.45) is 0.279. The number of nitrogens with one attached hydrogen (secondary N) is 1. The van der Waals surface area contributed by atoms with Gasteiger partial charge in [0.25, 0.3) is 0 Å². The van der Waals surface area contributed by atoms with Crippen molar-refractivity contribution in [2.75, 3.05) is 32.9 Å². The van der Waals surface area contributed by atoms with E-state index in [9.17, 15) is 35.4 Å². The van der Waals surface area contributed by atoms with E-state index in [2.05, 4.69) is 4.99 Å². The van der Waals surface area contributed by atoms with Crippen LogP contribution in [0.25, 0.3) is 11.0 Å². The number of aliphatic hydroxyl groups excluding tert-OH is 5. The maximum absolute atomic E-state index is 12.8. The lowest BCUT2D eigenvalue weighted by molar-refractivity contribution is -0.856. The highest BCUT2D eigenvalue weighted by Gasteiger charge is 2.51. The van der Waals surface area contributed by atoms with Crippen molar-refractivity contribution in [1.29, 1.82) is 0 Å². The molecular weight excluding hydrogens is 576 g/mol. The van der Waals surface area contributed by atoms with Crippen molar-refractivity contribution in [3.63, 3.8) is 0 Å². The Morgan fingerprint density at radius 1 is 1.23 bits per heavy atom. The van der Waals surface area contributed by atoms with Gasteiger partial charge in [0.15, 0.2) is 16.7 Å². The predicted octanol–water partition coefficient (Wildman–Crippen LogP) is -1.39. The van der Waals surface area contributed by atoms with Crippen molar-refractivity contribution < 1.29 is 54.5 Å². The fourth-order valence-electron chi connectivity index (χ4n) is 6.03. The van der Waals surface area contributed by atoms with Crippen LogP contribution in [0.3, 0.4) is 0 Å². The molecule has 0 fully saturated rings. The van der Waals surface area contributed by atoms with E-state index in [0.717, 1.165) is 11.4 Å². The summed E-state index contributed by atoms with van der Waals surface area (Å²) < 4.78 is 12.3. The van der Waals surface area contributed by atoms with Crippen LogP contribution in [0, 0.1) is 6.92 Å². The zero-order chi connectivity index (χ0) is 31.8. The van der Waals surface area contributed by atoms with Gasteiger partial charge < -0.3 is 39.8 Å². The van der Waals surface area contributed by atoms with Gasteiger partial charge in [-0.25, -0.2) is 9.78 Å². The lowest BCUT2D eigenvalue weighted by Gasteiger charge is -2.41. The Kier molecular flexibility index (Phi) is 9.42. The Morgan fingerprint density at radius 2 is 2.00 bits per heavy atom. The van der Waals surface area contributed by atoms with Crippen LogP contribution in [-0.4, -0.2) is 105 Å². The molecule has 0 radical (unpaired) electrons. The second-order valence-electron chi connectivity index (χ2n) is 12.2. The van der Waals surface area contributed by atoms with Crippen molar-refractivity contribution >= 4 is 17.2 Å². The summed E-state index contributed by atoms with van der Waals surface area (Å²) in [7, 11) is 0. The van der Waals surface area contributed by atoms with E-state index in [1.807, 2.05) is 6.08 Å². The fourth-order valence-corrected chi connectivity index (χ4v) is 6.03. The molecule has 13 nitrogen and oxygen atoms in total. The topological polar surface area (TPSA) is 196 Å². The van der Waals surface area contributed by atoms with Gasteiger partial charge in [0.2, 0.25) is 0 Å². The molecule has 7 N–H and O–H groups in total. The molecule has 2 aromatic rings. The van der Waals surface area contributed by atoms with E-state index in [-0.39, 0.29) is 25.0 Å². The van der Waals surface area contributed by atoms with Gasteiger partial charge in [-0.1, -0.05) is 0 Å². The molecule has 6 unspecified atom stereocenters. The third-order valence-corrected chi connectivity index (χ3v) is 8.60. The molecule has 1 aromatic carbocycles. The first kappa shape index (κ1) is 32.4. The smallest absolute Gasteiger partial charge is 0.192 e. The number of allylic oxidation sites excluding steroid dienone is 1. The predicted molar refractivity (Wildman–Crippen MR) is 157 cm³/mol. The van der Waals surface area contributed by atoms with Crippen LogP contribution in [0.5, 0.6) is 5.75 Å². The Hall–Kier alpha value is -2.98. The lowest BCUT2D eigenvalue weighted by Crippen LogP contribution is -3.11. The molecule has 3 aliphatic heterocycles. The molecule has 1 aromatic heterocycles. The maximum Gasteiger partial charge on any atom is 0.192 e. The van der Waals surface area contributed by atoms with Crippen LogP contribution < -0.4 is 15.1 Å². The first-order chi connectivity index (χ1) is 20.9. The number of aliphatic hydroxyl groups is 6. The second kappa shape index (κ2) is 12.8. The first-order valence-corrected chi connectivity index (χ1v) is 14.7. The highest BCUT2D eigenvalue weighted by molar-refractivity contribution is 5.84. The van der Waals surface area contributed by atoms with Gasteiger partial charge in [-0.3, -0.25) is 14.7 Å². The number of hydrogen-bond acceptors (Lipinski definition) is 12. The van der Waals surface area contributed by atoms with Gasteiger partial charge in [-0.15, -0.1) is 0 Å². The molecule has 6 atom stereocenters. The molecule has 4 heterocycles. The van der Waals surface area contributed by atoms with Crippen molar-refractivity contribution in [2.45, 2.75) is 75.7 Å². The zero-order valence-electron chi connectivity index (χ0n) is 25.0. The van der Waals surface area contributed by atoms with E-state index in [1.165, 1.54) is 6.07 Å². The van der Waals surface area contributed by atoms with E-state index in [4.69, 9.17) is 18.9 Å². The van der Waals surface area contributed by atoms with Crippen LogP contribution in [0.15, 0.2) is 49.9 Å². The summed E-state index contributed by atoms with van der Waals surface area (Å²) in [5.74, 6) is 1.01. The average Bonchev–Trinajstić information content (AvgIpc) is 3.60. The van der Waals surface area contributed by atoms with Crippen LogP contribution in [0.4, 0.5) is 0 Å². The van der Waals surface area contributed by atoms with Gasteiger partial charge in [0, 0.05) is 43.0 Å². The number of benzene rings is 1. The van der Waals surface area contributed by atoms with Crippen LogP contribution >= 0.6 is 0 Å². The number of aryl methyl sites for hydroxylation is 2. The molecule has 0 amide bonds. The third-order valence-electron chi connectivity index (χ3n) is 8.60. The normalized spacial score (nSPS) is 23.8. The zero-order valence-corrected chi connectivity index (χ0v) is 25.0. The number of hydrogen-bond donors (Lipinski definition) is 7. The van der Waals surface area contributed by atoms with Crippen molar-refractivity contribution in [3.05, 3.63) is 62.8 Å². The van der Waals surface area contributed by atoms with E-state index in [0.29, 0.717) is 57.9 Å². The number of ether oxygens (including phenoxy) is 1. The van der Waals surface area contributed by atoms with Crippen LogP contribution in [0.1, 0.15) is 37.2 Å². The highest BCUT2D eigenvalue weighted by atomic mass is 17.2. The summed E-state index contributed by atoms with van der Waals surface area (Å²) in [6.45, 7) is 4.03. The molecule has 0 aliphatic carbocycles. The second-order valence-corrected chi connectivity index (χ2v) is 12.2. The van der Waals surface area contributed by atoms with E-state index >= 15 is 0 Å². The number of fused-ring (bicyclic) bond motifs is 3. The maximum atomic E-state index is 12.8. The van der Waals surface area contributed by atoms with Gasteiger partial charge >= 0.3 is 0 Å². The molecule has 13 heteroatoms. The molecule has 3 aliphatic rings. The van der Waals surface area contributed by atoms with Gasteiger partial charge in [0.1, 0.15) is 72.5 Å². The molecule has 240 valence electrons. The lowest BCUT2D eigenvalue weighted by atomic mass is 9.86. The number of aliphatic imine (C=N–C) groups is 1. The minimum absolute atomic E-state index is 0.0504. The van der Waals surface area contributed by atoms with Crippen molar-refractivity contribution in [1.82, 2.24) is 0 Å². The first-order valence-electron chi connectivity index (χ1n) is 14.7. The summed E-state index contributed by atoms with van der Waals surface area (Å²) in [5.41, 5.74) is -0.176. The largest absolute Gasteiger partial charge is 0.484 e. The highest BCUT2D eigenvalue weighted by Crippen LogP contribution is 2.41. The minimum atomic E-state index is -2.30. The van der Waals surface area contributed by atoms with Crippen molar-refractivity contribution in [3.8, 4) is 5.75 Å². The molecule has 0 bridgehead atoms. The molecular formula is C31H41N2O11+. The summed E-state index contributed by atoms with van der Waals surface area (Å²) >= 11 is 0. The monoisotopic (exact) mass is 617 g/mol. The van der Waals surface area contributed by atoms with Gasteiger partial charge in [-0.2, -0.15) is 0 Å². The molecule has 0 saturated heterocycles. The Bertz CT molecular complexity index is 1530. The third kappa shape index (κ3) is 6.12. The van der Waals surface area contributed by atoms with E-state index < -0.39 is 48.8 Å². The molecule has 0 spiro atoms. The van der Waals surface area contributed by atoms with Crippen molar-refractivity contribution in [2.24, 2.45) is 4.99 Å². The number of quaternary nitrogens is 1. The van der Waals surface area contributed by atoms with Gasteiger partial charge in [0.05, 0.1) is 12.0 Å². The van der Waals surface area contributed by atoms with Crippen LogP contribution in [-0.2, 0) is 22.6 Å². The Labute approximate surface area is 253 Å². The summed E-state index contributed by atoms with van der Waals surface area (Å²) in [6, 6.07) is 3.11. The van der Waals surface area contributed by atoms with E-state index in [1.54, 1.807) is 39.1 Å². The molecule has 5 rings (SSSR count). The Balaban J connectivity index is 1.34. The van der Waals surface area contributed by atoms with Gasteiger partial charge in [-0.05, 0) is 45.2 Å². The minimum Gasteiger partial charge on any atom is -0.484 e. The number of nitrogens with zero attached hydrogens (tertiary/aromatic N) is 1. The number of rotatable bonds is 13. The summed E-state index contributed by atoms with van der Waals surface area (Å²) in [4.78, 5) is 29.0. The average molecular weight is 618 g/mol. The molecule has 44 heavy (non-hydrogen) atoms. The Morgan fingerprint density at radius 3 is 2.73 bits per heavy atom. The summed E-state index contributed by atoms with van der Waals surface area (Å²) in [5, 5.41) is 63.0. The van der Waals surface area contributed by atoms with Crippen LogP contribution in [0.2, 0.25) is 0 Å². The quantitative estimate of drug-likeness (QED) is 0.103.